The zero-order valence-electron chi connectivity index (χ0n) is 8.90. The standard InChI is InChI=1S/C10H14N4O/c1-8(3-4-15-2)14-10-7-12-9(5-11)6-13-10/h6-8H,3-4H2,1-2H3,(H,13,14). The minimum Gasteiger partial charge on any atom is -0.385 e. The van der Waals surface area contributed by atoms with Gasteiger partial charge in [0.05, 0.1) is 12.4 Å². The van der Waals surface area contributed by atoms with Crippen LogP contribution in [0.25, 0.3) is 0 Å². The summed E-state index contributed by atoms with van der Waals surface area (Å²) in [6.07, 6.45) is 3.91. The molecule has 1 heterocycles. The summed E-state index contributed by atoms with van der Waals surface area (Å²) in [4.78, 5) is 7.97. The topological polar surface area (TPSA) is 70.8 Å². The molecule has 0 spiro atoms. The van der Waals surface area contributed by atoms with Crippen LogP contribution in [0.4, 0.5) is 5.82 Å². The van der Waals surface area contributed by atoms with Gasteiger partial charge in [0.1, 0.15) is 11.9 Å². The molecule has 1 aromatic rings. The Hall–Kier alpha value is -1.67. The zero-order valence-corrected chi connectivity index (χ0v) is 8.90. The van der Waals surface area contributed by atoms with Gasteiger partial charge in [0.15, 0.2) is 5.69 Å². The molecule has 15 heavy (non-hydrogen) atoms. The fourth-order valence-corrected chi connectivity index (χ4v) is 1.08. The Bertz CT molecular complexity index is 330. The molecule has 0 aliphatic rings. The van der Waals surface area contributed by atoms with Crippen molar-refractivity contribution < 1.29 is 4.74 Å². The monoisotopic (exact) mass is 206 g/mol. The summed E-state index contributed by atoms with van der Waals surface area (Å²) in [5, 5.41) is 11.7. The number of methoxy groups -OCH3 is 1. The molecule has 5 heteroatoms. The number of nitriles is 1. The number of aromatic nitrogens is 2. The van der Waals surface area contributed by atoms with Gasteiger partial charge < -0.3 is 10.1 Å². The van der Waals surface area contributed by atoms with Gasteiger partial charge in [-0.1, -0.05) is 0 Å². The van der Waals surface area contributed by atoms with Gasteiger partial charge in [-0.2, -0.15) is 5.26 Å². The summed E-state index contributed by atoms with van der Waals surface area (Å²) in [6.45, 7) is 2.75. The van der Waals surface area contributed by atoms with E-state index in [0.717, 1.165) is 6.42 Å². The van der Waals surface area contributed by atoms with E-state index in [9.17, 15) is 0 Å². The SMILES string of the molecule is COCCC(C)Nc1cnc(C#N)cn1. The first-order valence-corrected chi connectivity index (χ1v) is 4.74. The van der Waals surface area contributed by atoms with Gasteiger partial charge in [-0.3, -0.25) is 0 Å². The Morgan fingerprint density at radius 2 is 2.33 bits per heavy atom. The number of nitrogens with one attached hydrogen (secondary N) is 1. The molecule has 0 saturated carbocycles. The van der Waals surface area contributed by atoms with E-state index >= 15 is 0 Å². The van der Waals surface area contributed by atoms with Gasteiger partial charge in [0.25, 0.3) is 0 Å². The normalized spacial score (nSPS) is 11.8. The van der Waals surface area contributed by atoms with Crippen molar-refractivity contribution in [2.24, 2.45) is 0 Å². The lowest BCUT2D eigenvalue weighted by atomic mass is 10.2. The third-order valence-electron chi connectivity index (χ3n) is 1.92. The third-order valence-corrected chi connectivity index (χ3v) is 1.92. The second kappa shape index (κ2) is 5.94. The van der Waals surface area contributed by atoms with Gasteiger partial charge in [0.2, 0.25) is 0 Å². The summed E-state index contributed by atoms with van der Waals surface area (Å²) in [5.41, 5.74) is 0.324. The van der Waals surface area contributed by atoms with E-state index in [1.54, 1.807) is 13.3 Å². The lowest BCUT2D eigenvalue weighted by Gasteiger charge is -2.13. The summed E-state index contributed by atoms with van der Waals surface area (Å²) >= 11 is 0. The number of rotatable bonds is 5. The predicted molar refractivity (Wildman–Crippen MR) is 56.3 cm³/mol. The maximum Gasteiger partial charge on any atom is 0.158 e. The van der Waals surface area contributed by atoms with E-state index in [-0.39, 0.29) is 6.04 Å². The predicted octanol–water partition coefficient (Wildman–Crippen LogP) is 1.19. The van der Waals surface area contributed by atoms with Gasteiger partial charge in [-0.05, 0) is 13.3 Å². The van der Waals surface area contributed by atoms with E-state index in [1.807, 2.05) is 13.0 Å². The highest BCUT2D eigenvalue weighted by atomic mass is 16.5. The first-order valence-electron chi connectivity index (χ1n) is 4.74. The van der Waals surface area contributed by atoms with E-state index in [1.165, 1.54) is 6.20 Å². The molecule has 0 saturated heterocycles. The van der Waals surface area contributed by atoms with Crippen molar-refractivity contribution in [2.45, 2.75) is 19.4 Å². The summed E-state index contributed by atoms with van der Waals surface area (Å²) in [5.74, 6) is 0.678. The van der Waals surface area contributed by atoms with Crippen LogP contribution in [0.5, 0.6) is 0 Å². The van der Waals surface area contributed by atoms with Crippen molar-refractivity contribution in [3.05, 3.63) is 18.1 Å². The molecule has 5 nitrogen and oxygen atoms in total. The average Bonchev–Trinajstić information content (AvgIpc) is 2.27. The minimum absolute atomic E-state index is 0.271. The van der Waals surface area contributed by atoms with Gasteiger partial charge in [-0.15, -0.1) is 0 Å². The molecule has 0 radical (unpaired) electrons. The Morgan fingerprint density at radius 1 is 1.53 bits per heavy atom. The van der Waals surface area contributed by atoms with Crippen molar-refractivity contribution in [3.63, 3.8) is 0 Å². The van der Waals surface area contributed by atoms with E-state index in [2.05, 4.69) is 15.3 Å². The Balaban J connectivity index is 2.47. The average molecular weight is 206 g/mol. The van der Waals surface area contributed by atoms with Gasteiger partial charge in [0, 0.05) is 19.8 Å². The Labute approximate surface area is 89.1 Å². The van der Waals surface area contributed by atoms with E-state index < -0.39 is 0 Å². The second-order valence-electron chi connectivity index (χ2n) is 3.23. The zero-order chi connectivity index (χ0) is 11.1. The highest BCUT2D eigenvalue weighted by Crippen LogP contribution is 2.04. The lowest BCUT2D eigenvalue weighted by Crippen LogP contribution is -2.18. The van der Waals surface area contributed by atoms with Crippen LogP contribution in [0.2, 0.25) is 0 Å². The molecule has 1 rings (SSSR count). The minimum atomic E-state index is 0.271. The summed E-state index contributed by atoms with van der Waals surface area (Å²) < 4.78 is 4.97. The Morgan fingerprint density at radius 3 is 2.87 bits per heavy atom. The van der Waals surface area contributed by atoms with Crippen LogP contribution >= 0.6 is 0 Å². The van der Waals surface area contributed by atoms with Crippen LogP contribution in [-0.2, 0) is 4.74 Å². The first-order chi connectivity index (χ1) is 7.26. The fourth-order valence-electron chi connectivity index (χ4n) is 1.08. The van der Waals surface area contributed by atoms with Crippen LogP contribution in [0.1, 0.15) is 19.0 Å². The molecular formula is C10H14N4O. The van der Waals surface area contributed by atoms with Crippen LogP contribution < -0.4 is 5.32 Å². The number of ether oxygens (including phenoxy) is 1. The molecule has 1 atom stereocenters. The maximum atomic E-state index is 8.54. The van der Waals surface area contributed by atoms with Crippen LogP contribution in [0.3, 0.4) is 0 Å². The van der Waals surface area contributed by atoms with Crippen molar-refractivity contribution in [3.8, 4) is 6.07 Å². The van der Waals surface area contributed by atoms with Crippen molar-refractivity contribution in [1.82, 2.24) is 9.97 Å². The first kappa shape index (κ1) is 11.4. The summed E-state index contributed by atoms with van der Waals surface area (Å²) in [6, 6.07) is 2.19. The van der Waals surface area contributed by atoms with Crippen molar-refractivity contribution in [1.29, 1.82) is 5.26 Å². The molecule has 0 fully saturated rings. The molecule has 1 aromatic heterocycles. The molecule has 0 bridgehead atoms. The summed E-state index contributed by atoms with van der Waals surface area (Å²) in [7, 11) is 1.67. The van der Waals surface area contributed by atoms with E-state index in [0.29, 0.717) is 18.1 Å². The highest BCUT2D eigenvalue weighted by molar-refractivity contribution is 5.33. The molecule has 0 aliphatic heterocycles. The smallest absolute Gasteiger partial charge is 0.158 e. The number of hydrogen-bond donors (Lipinski definition) is 1. The molecule has 1 N–H and O–H groups in total. The number of hydrogen-bond acceptors (Lipinski definition) is 5. The van der Waals surface area contributed by atoms with Gasteiger partial charge in [-0.25, -0.2) is 9.97 Å². The van der Waals surface area contributed by atoms with Crippen molar-refractivity contribution in [2.75, 3.05) is 19.0 Å². The molecule has 0 amide bonds. The van der Waals surface area contributed by atoms with Crippen LogP contribution in [-0.4, -0.2) is 29.7 Å². The third kappa shape index (κ3) is 3.92. The molecule has 0 aromatic carbocycles. The highest BCUT2D eigenvalue weighted by Gasteiger charge is 2.02. The Kier molecular flexibility index (Phi) is 4.51. The number of anilines is 1. The lowest BCUT2D eigenvalue weighted by molar-refractivity contribution is 0.191. The molecular weight excluding hydrogens is 192 g/mol. The molecule has 80 valence electrons. The fraction of sp³-hybridized carbons (Fsp3) is 0.500. The largest absolute Gasteiger partial charge is 0.385 e. The quantitative estimate of drug-likeness (QED) is 0.783. The second-order valence-corrected chi connectivity index (χ2v) is 3.23. The van der Waals surface area contributed by atoms with Crippen molar-refractivity contribution >= 4 is 5.82 Å². The maximum absolute atomic E-state index is 8.54. The molecule has 1 unspecified atom stereocenters. The number of nitrogens with zero attached hydrogens (tertiary/aromatic N) is 3. The van der Waals surface area contributed by atoms with E-state index in [4.69, 9.17) is 10.00 Å². The van der Waals surface area contributed by atoms with Gasteiger partial charge >= 0.3 is 0 Å². The van der Waals surface area contributed by atoms with Crippen LogP contribution in [0, 0.1) is 11.3 Å². The molecule has 0 aliphatic carbocycles. The van der Waals surface area contributed by atoms with Crippen LogP contribution in [0.15, 0.2) is 12.4 Å².